The van der Waals surface area contributed by atoms with Crippen molar-refractivity contribution in [1.82, 2.24) is 19.9 Å². The topological polar surface area (TPSA) is 70.2 Å². The highest BCUT2D eigenvalue weighted by molar-refractivity contribution is 6.31. The Balaban J connectivity index is 1.53. The molecule has 0 radical (unpaired) electrons. The summed E-state index contributed by atoms with van der Waals surface area (Å²) in [5.41, 5.74) is 3.18. The zero-order chi connectivity index (χ0) is 25.0. The van der Waals surface area contributed by atoms with Crippen LogP contribution < -0.4 is 9.80 Å². The van der Waals surface area contributed by atoms with Crippen molar-refractivity contribution in [1.29, 1.82) is 0 Å². The van der Waals surface area contributed by atoms with E-state index in [0.29, 0.717) is 61.9 Å². The quantitative estimate of drug-likeness (QED) is 0.423. The van der Waals surface area contributed by atoms with Gasteiger partial charge in [0.2, 0.25) is 5.95 Å². The number of anilines is 2. The van der Waals surface area contributed by atoms with E-state index in [4.69, 9.17) is 16.3 Å². The molecule has 2 aliphatic heterocycles. The third-order valence-corrected chi connectivity index (χ3v) is 7.17. The van der Waals surface area contributed by atoms with Crippen LogP contribution in [0, 0.1) is 25.5 Å². The van der Waals surface area contributed by atoms with E-state index < -0.39 is 17.7 Å². The molecule has 4 aromatic rings. The van der Waals surface area contributed by atoms with Gasteiger partial charge in [0, 0.05) is 46.8 Å². The summed E-state index contributed by atoms with van der Waals surface area (Å²) in [5.74, 6) is -0.159. The number of nitrogens with one attached hydrogen (secondary N) is 1. The van der Waals surface area contributed by atoms with E-state index in [2.05, 4.69) is 19.9 Å². The molecule has 2 aromatic heterocycles. The van der Waals surface area contributed by atoms with Gasteiger partial charge in [0.05, 0.1) is 18.9 Å². The highest BCUT2D eigenvalue weighted by Crippen LogP contribution is 2.42. The average Bonchev–Trinajstić information content (AvgIpc) is 3.23. The molecule has 1 N–H and O–H groups in total. The van der Waals surface area contributed by atoms with E-state index in [1.165, 1.54) is 0 Å². The van der Waals surface area contributed by atoms with Crippen LogP contribution in [-0.4, -0.2) is 52.8 Å². The van der Waals surface area contributed by atoms with Gasteiger partial charge < -0.3 is 19.5 Å². The number of nitrogens with zero attached hydrogens (tertiary/aromatic N) is 5. The van der Waals surface area contributed by atoms with Crippen molar-refractivity contribution in [2.45, 2.75) is 26.3 Å². The number of aromatic amines is 1. The number of benzene rings is 2. The largest absolute Gasteiger partial charge is 0.378 e. The molecule has 186 valence electrons. The molecule has 2 aliphatic rings. The molecule has 0 saturated carbocycles. The van der Waals surface area contributed by atoms with Gasteiger partial charge in [-0.2, -0.15) is 9.97 Å². The van der Waals surface area contributed by atoms with Crippen LogP contribution in [0.1, 0.15) is 34.5 Å². The maximum Gasteiger partial charge on any atom is 0.229 e. The Bertz CT molecular complexity index is 1450. The van der Waals surface area contributed by atoms with Gasteiger partial charge in [-0.3, -0.25) is 0 Å². The standard InChI is InChI=1S/C26H25ClF2N6O/c1-14-30-15(2)32-26(31-14)35-8-7-17-19-13-16(27)3-5-20(19)33-24(17)25(35)18-4-6-21(23(29)22(18)28)34-9-11-36-12-10-34/h3-6,13,25,33H,7-12H2,1-2H3. The molecular weight excluding hydrogens is 486 g/mol. The molecule has 1 atom stereocenters. The van der Waals surface area contributed by atoms with Crippen LogP contribution in [0.3, 0.4) is 0 Å². The number of halogens is 3. The molecule has 1 saturated heterocycles. The Morgan fingerprint density at radius 1 is 0.972 bits per heavy atom. The zero-order valence-electron chi connectivity index (χ0n) is 20.0. The first-order valence-corrected chi connectivity index (χ1v) is 12.3. The summed E-state index contributed by atoms with van der Waals surface area (Å²) in [6.07, 6.45) is 0.673. The number of hydrogen-bond donors (Lipinski definition) is 1. The third kappa shape index (κ3) is 3.87. The normalized spacial score (nSPS) is 18.1. The maximum absolute atomic E-state index is 15.9. The Labute approximate surface area is 212 Å². The van der Waals surface area contributed by atoms with Gasteiger partial charge in [-0.1, -0.05) is 17.7 Å². The first kappa shape index (κ1) is 23.1. The fraction of sp³-hybridized carbons (Fsp3) is 0.346. The molecule has 0 aliphatic carbocycles. The number of morpholine rings is 1. The van der Waals surface area contributed by atoms with Gasteiger partial charge in [0.15, 0.2) is 11.6 Å². The molecule has 7 nitrogen and oxygen atoms in total. The minimum atomic E-state index is -0.874. The summed E-state index contributed by atoms with van der Waals surface area (Å²) in [6, 6.07) is 8.31. The summed E-state index contributed by atoms with van der Waals surface area (Å²) in [7, 11) is 0. The van der Waals surface area contributed by atoms with Crippen molar-refractivity contribution in [2.24, 2.45) is 0 Å². The molecule has 0 spiro atoms. The van der Waals surface area contributed by atoms with E-state index in [0.717, 1.165) is 22.2 Å². The number of aryl methyl sites for hydroxylation is 2. The van der Waals surface area contributed by atoms with Gasteiger partial charge >= 0.3 is 0 Å². The number of ether oxygens (including phenoxy) is 1. The van der Waals surface area contributed by atoms with E-state index in [1.807, 2.05) is 28.0 Å². The lowest BCUT2D eigenvalue weighted by Crippen LogP contribution is -2.39. The van der Waals surface area contributed by atoms with Crippen LogP contribution in [0.15, 0.2) is 30.3 Å². The highest BCUT2D eigenvalue weighted by Gasteiger charge is 2.36. The summed E-state index contributed by atoms with van der Waals surface area (Å²) < 4.78 is 36.8. The average molecular weight is 511 g/mol. The molecule has 1 fully saturated rings. The maximum atomic E-state index is 15.9. The molecule has 1 unspecified atom stereocenters. The molecule has 2 aromatic carbocycles. The Kier molecular flexibility index (Phi) is 5.76. The lowest BCUT2D eigenvalue weighted by atomic mass is 9.92. The van der Waals surface area contributed by atoms with Crippen molar-refractivity contribution in [2.75, 3.05) is 42.6 Å². The van der Waals surface area contributed by atoms with E-state index >= 15 is 8.78 Å². The monoisotopic (exact) mass is 510 g/mol. The number of fused-ring (bicyclic) bond motifs is 3. The fourth-order valence-corrected chi connectivity index (χ4v) is 5.51. The van der Waals surface area contributed by atoms with Crippen LogP contribution in [0.4, 0.5) is 20.4 Å². The van der Waals surface area contributed by atoms with Crippen LogP contribution in [0.25, 0.3) is 10.9 Å². The van der Waals surface area contributed by atoms with Gasteiger partial charge in [0.25, 0.3) is 0 Å². The molecule has 0 amide bonds. The predicted octanol–water partition coefficient (Wildman–Crippen LogP) is 4.89. The Morgan fingerprint density at radius 3 is 2.47 bits per heavy atom. The summed E-state index contributed by atoms with van der Waals surface area (Å²) in [6.45, 7) is 6.11. The van der Waals surface area contributed by atoms with Crippen molar-refractivity contribution in [3.63, 3.8) is 0 Å². The van der Waals surface area contributed by atoms with E-state index in [1.54, 1.807) is 26.0 Å². The van der Waals surface area contributed by atoms with Crippen LogP contribution in [0.2, 0.25) is 5.02 Å². The third-order valence-electron chi connectivity index (χ3n) is 6.93. The predicted molar refractivity (Wildman–Crippen MR) is 135 cm³/mol. The summed E-state index contributed by atoms with van der Waals surface area (Å²) in [5, 5.41) is 1.61. The molecular formula is C26H25ClF2N6O. The summed E-state index contributed by atoms with van der Waals surface area (Å²) in [4.78, 5) is 20.6. The Hall–Kier alpha value is -3.30. The highest BCUT2D eigenvalue weighted by atomic mass is 35.5. The van der Waals surface area contributed by atoms with Crippen molar-refractivity contribution in [3.8, 4) is 0 Å². The molecule has 10 heteroatoms. The SMILES string of the molecule is Cc1nc(C)nc(N2CCc3c([nH]c4ccc(Cl)cc34)C2c2ccc(N3CCOCC3)c(F)c2F)n1. The summed E-state index contributed by atoms with van der Waals surface area (Å²) >= 11 is 6.29. The van der Waals surface area contributed by atoms with Gasteiger partial charge in [-0.25, -0.2) is 13.8 Å². The van der Waals surface area contributed by atoms with E-state index in [9.17, 15) is 0 Å². The Morgan fingerprint density at radius 2 is 1.72 bits per heavy atom. The van der Waals surface area contributed by atoms with Crippen molar-refractivity contribution >= 4 is 34.1 Å². The molecule has 0 bridgehead atoms. The van der Waals surface area contributed by atoms with E-state index in [-0.39, 0.29) is 11.3 Å². The molecule has 4 heterocycles. The van der Waals surface area contributed by atoms with Crippen LogP contribution >= 0.6 is 11.6 Å². The minimum absolute atomic E-state index is 0.221. The van der Waals surface area contributed by atoms with Gasteiger partial charge in [-0.15, -0.1) is 0 Å². The number of hydrogen-bond acceptors (Lipinski definition) is 6. The van der Waals surface area contributed by atoms with Gasteiger partial charge in [-0.05, 0) is 50.1 Å². The first-order valence-electron chi connectivity index (χ1n) is 12.0. The van der Waals surface area contributed by atoms with Crippen molar-refractivity contribution < 1.29 is 13.5 Å². The molecule has 6 rings (SSSR count). The van der Waals surface area contributed by atoms with Gasteiger partial charge in [0.1, 0.15) is 17.7 Å². The van der Waals surface area contributed by atoms with Crippen molar-refractivity contribution in [3.05, 3.63) is 75.5 Å². The number of H-pyrrole nitrogens is 1. The lowest BCUT2D eigenvalue weighted by molar-refractivity contribution is 0.122. The minimum Gasteiger partial charge on any atom is -0.378 e. The first-order chi connectivity index (χ1) is 17.4. The lowest BCUT2D eigenvalue weighted by Gasteiger charge is -2.37. The van der Waals surface area contributed by atoms with Crippen LogP contribution in [-0.2, 0) is 11.2 Å². The number of aromatic nitrogens is 4. The second-order valence-electron chi connectivity index (χ2n) is 9.18. The fourth-order valence-electron chi connectivity index (χ4n) is 5.34. The van der Waals surface area contributed by atoms with Crippen LogP contribution in [0.5, 0.6) is 0 Å². The zero-order valence-corrected chi connectivity index (χ0v) is 20.7. The smallest absolute Gasteiger partial charge is 0.229 e. The second kappa shape index (κ2) is 8.97. The number of rotatable bonds is 3. The second-order valence-corrected chi connectivity index (χ2v) is 9.62. The molecule has 36 heavy (non-hydrogen) atoms.